The summed E-state index contributed by atoms with van der Waals surface area (Å²) in [5, 5.41) is 10.3. The van der Waals surface area contributed by atoms with Crippen LogP contribution >= 0.6 is 0 Å². The molecule has 0 atom stereocenters. The maximum atomic E-state index is 13.5. The second-order valence-electron chi connectivity index (χ2n) is 4.48. The number of hydrogen-bond donors (Lipinski definition) is 1. The van der Waals surface area contributed by atoms with Crippen LogP contribution in [0, 0.1) is 11.6 Å². The SMILES string of the molecule is CCCC(O)(CCC)C(=O)c1cc(F)ccc1F. The van der Waals surface area contributed by atoms with E-state index in [9.17, 15) is 18.7 Å². The number of halogens is 2. The van der Waals surface area contributed by atoms with Gasteiger partial charge in [0.2, 0.25) is 0 Å². The zero-order valence-corrected chi connectivity index (χ0v) is 10.7. The Morgan fingerprint density at radius 2 is 1.78 bits per heavy atom. The molecule has 0 heterocycles. The molecule has 1 aromatic carbocycles. The van der Waals surface area contributed by atoms with E-state index in [-0.39, 0.29) is 18.4 Å². The molecule has 1 aromatic rings. The lowest BCUT2D eigenvalue weighted by molar-refractivity contribution is 0.0213. The summed E-state index contributed by atoms with van der Waals surface area (Å²) >= 11 is 0. The van der Waals surface area contributed by atoms with Crippen LogP contribution in [0.1, 0.15) is 49.9 Å². The van der Waals surface area contributed by atoms with Crippen LogP contribution in [0.3, 0.4) is 0 Å². The molecule has 0 radical (unpaired) electrons. The third kappa shape index (κ3) is 3.13. The van der Waals surface area contributed by atoms with Crippen LogP contribution in [0.25, 0.3) is 0 Å². The van der Waals surface area contributed by atoms with Crippen LogP contribution in [-0.4, -0.2) is 16.5 Å². The fraction of sp³-hybridized carbons (Fsp3) is 0.500. The Balaban J connectivity index is 3.13. The van der Waals surface area contributed by atoms with E-state index in [0.717, 1.165) is 18.2 Å². The van der Waals surface area contributed by atoms with Gasteiger partial charge in [0.1, 0.15) is 17.2 Å². The van der Waals surface area contributed by atoms with Gasteiger partial charge in [-0.15, -0.1) is 0 Å². The first-order valence-corrected chi connectivity index (χ1v) is 6.17. The minimum absolute atomic E-state index is 0.246. The smallest absolute Gasteiger partial charge is 0.197 e. The Labute approximate surface area is 106 Å². The Morgan fingerprint density at radius 1 is 1.22 bits per heavy atom. The summed E-state index contributed by atoms with van der Waals surface area (Å²) in [6, 6.07) is 2.69. The first-order valence-electron chi connectivity index (χ1n) is 6.17. The molecule has 0 aromatic heterocycles. The van der Waals surface area contributed by atoms with Crippen molar-refractivity contribution in [1.82, 2.24) is 0 Å². The lowest BCUT2D eigenvalue weighted by Gasteiger charge is -2.26. The molecule has 0 amide bonds. The summed E-state index contributed by atoms with van der Waals surface area (Å²) in [4.78, 5) is 12.2. The van der Waals surface area contributed by atoms with E-state index >= 15 is 0 Å². The highest BCUT2D eigenvalue weighted by Gasteiger charge is 2.36. The molecule has 18 heavy (non-hydrogen) atoms. The molecule has 0 bridgehead atoms. The van der Waals surface area contributed by atoms with Crippen molar-refractivity contribution in [2.75, 3.05) is 0 Å². The number of ketones is 1. The van der Waals surface area contributed by atoms with Crippen molar-refractivity contribution in [3.8, 4) is 0 Å². The molecule has 4 heteroatoms. The highest BCUT2D eigenvalue weighted by atomic mass is 19.1. The first-order chi connectivity index (χ1) is 8.44. The minimum atomic E-state index is -1.60. The van der Waals surface area contributed by atoms with E-state index < -0.39 is 23.0 Å². The van der Waals surface area contributed by atoms with E-state index in [1.54, 1.807) is 0 Å². The largest absolute Gasteiger partial charge is 0.382 e. The van der Waals surface area contributed by atoms with Gasteiger partial charge >= 0.3 is 0 Å². The standard InChI is InChI=1S/C14H18F2O2/c1-3-7-14(18,8-4-2)13(17)11-9-10(15)5-6-12(11)16/h5-6,9,18H,3-4,7-8H2,1-2H3. The maximum Gasteiger partial charge on any atom is 0.197 e. The van der Waals surface area contributed by atoms with Crippen LogP contribution in [0.5, 0.6) is 0 Å². The Kier molecular flexibility index (Phi) is 4.96. The topological polar surface area (TPSA) is 37.3 Å². The molecule has 0 aliphatic heterocycles. The predicted octanol–water partition coefficient (Wildman–Crippen LogP) is 3.48. The summed E-state index contributed by atoms with van der Waals surface area (Å²) in [5.41, 5.74) is -1.97. The minimum Gasteiger partial charge on any atom is -0.382 e. The van der Waals surface area contributed by atoms with Crippen molar-refractivity contribution in [3.05, 3.63) is 35.4 Å². The van der Waals surface area contributed by atoms with E-state index in [4.69, 9.17) is 0 Å². The van der Waals surface area contributed by atoms with Crippen LogP contribution in [-0.2, 0) is 0 Å². The van der Waals surface area contributed by atoms with Gasteiger partial charge in [0.25, 0.3) is 0 Å². The summed E-state index contributed by atoms with van der Waals surface area (Å²) < 4.78 is 26.6. The van der Waals surface area contributed by atoms with Crippen LogP contribution < -0.4 is 0 Å². The van der Waals surface area contributed by atoms with E-state index in [2.05, 4.69) is 0 Å². The van der Waals surface area contributed by atoms with Gasteiger partial charge in [0.05, 0.1) is 5.56 Å². The van der Waals surface area contributed by atoms with Crippen molar-refractivity contribution >= 4 is 5.78 Å². The van der Waals surface area contributed by atoms with Gasteiger partial charge in [-0.3, -0.25) is 4.79 Å². The quantitative estimate of drug-likeness (QED) is 0.791. The van der Waals surface area contributed by atoms with Crippen molar-refractivity contribution in [3.63, 3.8) is 0 Å². The summed E-state index contributed by atoms with van der Waals surface area (Å²) in [7, 11) is 0. The lowest BCUT2D eigenvalue weighted by atomic mass is 9.85. The number of carbonyl (C=O) groups is 1. The number of benzene rings is 1. The molecule has 1 rings (SSSR count). The summed E-state index contributed by atoms with van der Waals surface area (Å²) in [6.07, 6.45) is 1.68. The third-order valence-corrected chi connectivity index (χ3v) is 2.92. The molecule has 0 aliphatic rings. The Hall–Kier alpha value is -1.29. The monoisotopic (exact) mass is 256 g/mol. The number of Topliss-reactive ketones (excluding diaryl/α,β-unsaturated/α-hetero) is 1. The zero-order valence-electron chi connectivity index (χ0n) is 10.7. The molecule has 0 saturated heterocycles. The lowest BCUT2D eigenvalue weighted by Crippen LogP contribution is -2.39. The molecular weight excluding hydrogens is 238 g/mol. The molecule has 0 spiro atoms. The van der Waals surface area contributed by atoms with Crippen LogP contribution in [0.4, 0.5) is 8.78 Å². The van der Waals surface area contributed by atoms with Gasteiger partial charge in [0, 0.05) is 0 Å². The average Bonchev–Trinajstić information content (AvgIpc) is 2.32. The summed E-state index contributed by atoms with van der Waals surface area (Å²) in [6.45, 7) is 3.66. The molecule has 0 aliphatic carbocycles. The van der Waals surface area contributed by atoms with Crippen LogP contribution in [0.2, 0.25) is 0 Å². The Morgan fingerprint density at radius 3 is 2.28 bits per heavy atom. The van der Waals surface area contributed by atoms with E-state index in [1.165, 1.54) is 0 Å². The molecule has 1 N–H and O–H groups in total. The molecular formula is C14H18F2O2. The van der Waals surface area contributed by atoms with Gasteiger partial charge in [0.15, 0.2) is 5.78 Å². The normalized spacial score (nSPS) is 11.6. The number of hydrogen-bond acceptors (Lipinski definition) is 2. The number of aliphatic hydroxyl groups is 1. The van der Waals surface area contributed by atoms with Gasteiger partial charge in [-0.1, -0.05) is 26.7 Å². The average molecular weight is 256 g/mol. The first kappa shape index (κ1) is 14.8. The highest BCUT2D eigenvalue weighted by Crippen LogP contribution is 2.26. The van der Waals surface area contributed by atoms with Crippen molar-refractivity contribution in [1.29, 1.82) is 0 Å². The van der Waals surface area contributed by atoms with Crippen molar-refractivity contribution in [2.45, 2.75) is 45.1 Å². The molecule has 2 nitrogen and oxygen atoms in total. The predicted molar refractivity (Wildman–Crippen MR) is 65.5 cm³/mol. The second-order valence-corrected chi connectivity index (χ2v) is 4.48. The van der Waals surface area contributed by atoms with Gasteiger partial charge in [-0.05, 0) is 31.0 Å². The fourth-order valence-corrected chi connectivity index (χ4v) is 2.10. The highest BCUT2D eigenvalue weighted by molar-refractivity contribution is 6.02. The van der Waals surface area contributed by atoms with Gasteiger partial charge < -0.3 is 5.11 Å². The van der Waals surface area contributed by atoms with Gasteiger partial charge in [-0.25, -0.2) is 8.78 Å². The van der Waals surface area contributed by atoms with Gasteiger partial charge in [-0.2, -0.15) is 0 Å². The summed E-state index contributed by atoms with van der Waals surface area (Å²) in [5.74, 6) is -2.22. The zero-order chi connectivity index (χ0) is 13.8. The fourth-order valence-electron chi connectivity index (χ4n) is 2.10. The third-order valence-electron chi connectivity index (χ3n) is 2.92. The molecule has 0 unspecified atom stereocenters. The van der Waals surface area contributed by atoms with Crippen molar-refractivity contribution < 1.29 is 18.7 Å². The van der Waals surface area contributed by atoms with E-state index in [1.807, 2.05) is 13.8 Å². The molecule has 0 saturated carbocycles. The van der Waals surface area contributed by atoms with Crippen LogP contribution in [0.15, 0.2) is 18.2 Å². The molecule has 0 fully saturated rings. The number of rotatable bonds is 6. The van der Waals surface area contributed by atoms with E-state index in [0.29, 0.717) is 12.8 Å². The van der Waals surface area contributed by atoms with Crippen molar-refractivity contribution in [2.24, 2.45) is 0 Å². The Bertz CT molecular complexity index is 424. The number of carbonyl (C=O) groups excluding carboxylic acids is 1. The maximum absolute atomic E-state index is 13.5. The second kappa shape index (κ2) is 6.05. The molecule has 100 valence electrons.